The van der Waals surface area contributed by atoms with E-state index in [1.165, 1.54) is 6.20 Å². The van der Waals surface area contributed by atoms with Crippen molar-refractivity contribution in [2.45, 2.75) is 13.8 Å². The first kappa shape index (κ1) is 14.0. The molecule has 0 fully saturated rings. The number of pyridine rings is 1. The summed E-state index contributed by atoms with van der Waals surface area (Å²) >= 11 is 0. The van der Waals surface area contributed by atoms with E-state index in [0.29, 0.717) is 5.82 Å². The van der Waals surface area contributed by atoms with Crippen LogP contribution in [0.2, 0.25) is 0 Å². The lowest BCUT2D eigenvalue weighted by molar-refractivity contribution is -0.592. The van der Waals surface area contributed by atoms with Gasteiger partial charge in [-0.1, -0.05) is 0 Å². The summed E-state index contributed by atoms with van der Waals surface area (Å²) in [6.07, 6.45) is 1.42. The van der Waals surface area contributed by atoms with Gasteiger partial charge < -0.3 is 10.1 Å². The van der Waals surface area contributed by atoms with Gasteiger partial charge in [0.2, 0.25) is 0 Å². The van der Waals surface area contributed by atoms with Crippen LogP contribution in [0, 0.1) is 12.1 Å². The van der Waals surface area contributed by atoms with E-state index in [-0.39, 0.29) is 0 Å². The molecule has 0 saturated carbocycles. The summed E-state index contributed by atoms with van der Waals surface area (Å²) in [6, 6.07) is 11.3. The van der Waals surface area contributed by atoms with Crippen LogP contribution >= 0.6 is 0 Å². The Kier molecular flexibility index (Phi) is 4.30. The SMILES string of the molecule is CCN(C)c1ccc(/N=N/c2c(C)ccc[n+]2[O-])cc1. The van der Waals surface area contributed by atoms with Crippen LogP contribution in [-0.2, 0) is 0 Å². The molecule has 0 unspecified atom stereocenters. The summed E-state index contributed by atoms with van der Waals surface area (Å²) in [5.74, 6) is 0.322. The van der Waals surface area contributed by atoms with Gasteiger partial charge in [0.1, 0.15) is 5.69 Å². The van der Waals surface area contributed by atoms with Crippen LogP contribution in [0.5, 0.6) is 0 Å². The Balaban J connectivity index is 2.20. The van der Waals surface area contributed by atoms with Gasteiger partial charge in [-0.2, -0.15) is 0 Å². The highest BCUT2D eigenvalue weighted by molar-refractivity contribution is 5.52. The van der Waals surface area contributed by atoms with E-state index in [1.54, 1.807) is 6.07 Å². The Labute approximate surface area is 118 Å². The lowest BCUT2D eigenvalue weighted by Gasteiger charge is -2.16. The van der Waals surface area contributed by atoms with Crippen LogP contribution in [0.25, 0.3) is 0 Å². The molecule has 1 aromatic carbocycles. The maximum absolute atomic E-state index is 11.6. The third-order valence-electron chi connectivity index (χ3n) is 3.15. The molecule has 0 atom stereocenters. The first-order valence-corrected chi connectivity index (χ1v) is 6.53. The number of nitrogens with zero attached hydrogens (tertiary/aromatic N) is 4. The van der Waals surface area contributed by atoms with Crippen LogP contribution in [0.4, 0.5) is 17.2 Å². The molecule has 2 rings (SSSR count). The van der Waals surface area contributed by atoms with Gasteiger partial charge in [0.15, 0.2) is 0 Å². The number of azo groups is 1. The normalized spacial score (nSPS) is 10.9. The highest BCUT2D eigenvalue weighted by Crippen LogP contribution is 2.21. The molecule has 0 radical (unpaired) electrons. The molecule has 1 heterocycles. The Morgan fingerprint density at radius 1 is 1.15 bits per heavy atom. The first-order valence-electron chi connectivity index (χ1n) is 6.53. The molecule has 5 heteroatoms. The van der Waals surface area contributed by atoms with Crippen molar-refractivity contribution < 1.29 is 4.73 Å². The standard InChI is InChI=1S/C15H18N4O/c1-4-18(3)14-9-7-13(8-10-14)16-17-15-12(2)6-5-11-19(15)20/h5-11H,4H2,1-3H3/b17-16+. The zero-order valence-corrected chi connectivity index (χ0v) is 11.9. The van der Waals surface area contributed by atoms with Gasteiger partial charge in [0, 0.05) is 24.8 Å². The van der Waals surface area contributed by atoms with Gasteiger partial charge in [0.05, 0.1) is 11.3 Å². The van der Waals surface area contributed by atoms with Crippen molar-refractivity contribution in [1.82, 2.24) is 0 Å². The molecule has 0 bridgehead atoms. The molecule has 0 N–H and O–H groups in total. The summed E-state index contributed by atoms with van der Waals surface area (Å²) in [7, 11) is 2.03. The van der Waals surface area contributed by atoms with Gasteiger partial charge in [-0.15, -0.1) is 0 Å². The summed E-state index contributed by atoms with van der Waals surface area (Å²) in [4.78, 5) is 2.13. The van der Waals surface area contributed by atoms with Crippen molar-refractivity contribution in [1.29, 1.82) is 0 Å². The molecule has 0 saturated heterocycles. The molecular weight excluding hydrogens is 252 g/mol. The number of rotatable bonds is 4. The average Bonchev–Trinajstić information content (AvgIpc) is 2.46. The van der Waals surface area contributed by atoms with Crippen molar-refractivity contribution in [3.8, 4) is 0 Å². The quantitative estimate of drug-likeness (QED) is 0.485. The number of hydrogen-bond acceptors (Lipinski definition) is 4. The van der Waals surface area contributed by atoms with Crippen molar-refractivity contribution in [2.75, 3.05) is 18.5 Å². The van der Waals surface area contributed by atoms with Gasteiger partial charge >= 0.3 is 5.82 Å². The maximum atomic E-state index is 11.6. The summed E-state index contributed by atoms with van der Waals surface area (Å²) < 4.78 is 0.720. The van der Waals surface area contributed by atoms with E-state index in [4.69, 9.17) is 0 Å². The second-order valence-electron chi connectivity index (χ2n) is 4.57. The van der Waals surface area contributed by atoms with Gasteiger partial charge in [-0.3, -0.25) is 0 Å². The number of anilines is 1. The van der Waals surface area contributed by atoms with Crippen LogP contribution in [0.3, 0.4) is 0 Å². The minimum Gasteiger partial charge on any atom is -0.710 e. The average molecular weight is 270 g/mol. The fraction of sp³-hybridized carbons (Fsp3) is 0.267. The van der Waals surface area contributed by atoms with E-state index in [2.05, 4.69) is 22.1 Å². The molecule has 0 spiro atoms. The third kappa shape index (κ3) is 3.12. The summed E-state index contributed by atoms with van der Waals surface area (Å²) in [6.45, 7) is 4.88. The van der Waals surface area contributed by atoms with Crippen molar-refractivity contribution in [3.05, 3.63) is 53.4 Å². The zero-order chi connectivity index (χ0) is 14.5. The van der Waals surface area contributed by atoms with Gasteiger partial charge in [0.25, 0.3) is 0 Å². The van der Waals surface area contributed by atoms with Gasteiger partial charge in [-0.05, 0) is 55.4 Å². The monoisotopic (exact) mass is 270 g/mol. The number of benzene rings is 1. The van der Waals surface area contributed by atoms with Crippen LogP contribution in [-0.4, -0.2) is 13.6 Å². The van der Waals surface area contributed by atoms with Crippen LogP contribution in [0.15, 0.2) is 52.8 Å². The molecule has 2 aromatic rings. The van der Waals surface area contributed by atoms with Gasteiger partial charge in [-0.25, -0.2) is 4.73 Å². The van der Waals surface area contributed by atoms with E-state index >= 15 is 0 Å². The predicted octanol–water partition coefficient (Wildman–Crippen LogP) is 3.50. The van der Waals surface area contributed by atoms with Crippen LogP contribution in [0.1, 0.15) is 12.5 Å². The van der Waals surface area contributed by atoms with E-state index in [9.17, 15) is 5.21 Å². The van der Waals surface area contributed by atoms with Crippen molar-refractivity contribution in [3.63, 3.8) is 0 Å². The predicted molar refractivity (Wildman–Crippen MR) is 79.7 cm³/mol. The first-order chi connectivity index (χ1) is 9.61. The molecule has 5 nitrogen and oxygen atoms in total. The second kappa shape index (κ2) is 6.14. The molecule has 0 aliphatic heterocycles. The minimum absolute atomic E-state index is 0.322. The van der Waals surface area contributed by atoms with E-state index in [0.717, 1.165) is 28.2 Å². The topological polar surface area (TPSA) is 54.9 Å². The van der Waals surface area contributed by atoms with E-state index < -0.39 is 0 Å². The van der Waals surface area contributed by atoms with E-state index in [1.807, 2.05) is 44.3 Å². The van der Waals surface area contributed by atoms with Crippen LogP contribution < -0.4 is 9.63 Å². The largest absolute Gasteiger partial charge is 0.710 e. The highest BCUT2D eigenvalue weighted by Gasteiger charge is 2.08. The number of hydrogen-bond donors (Lipinski definition) is 0. The number of aryl methyl sites for hydroxylation is 1. The lowest BCUT2D eigenvalue weighted by Crippen LogP contribution is -2.25. The minimum atomic E-state index is 0.322. The molecule has 0 aliphatic rings. The molecule has 0 aliphatic carbocycles. The zero-order valence-electron chi connectivity index (χ0n) is 11.9. The Bertz CT molecular complexity index is 588. The number of aromatic nitrogens is 1. The molecule has 1 aromatic heterocycles. The maximum Gasteiger partial charge on any atom is 0.356 e. The molecule has 104 valence electrons. The van der Waals surface area contributed by atoms with Crippen molar-refractivity contribution in [2.24, 2.45) is 10.2 Å². The lowest BCUT2D eigenvalue weighted by atomic mass is 10.2. The Hall–Kier alpha value is -2.43. The fourth-order valence-corrected chi connectivity index (χ4v) is 1.77. The fourth-order valence-electron chi connectivity index (χ4n) is 1.77. The molecule has 20 heavy (non-hydrogen) atoms. The summed E-state index contributed by atoms with van der Waals surface area (Å²) in [5.41, 5.74) is 2.65. The van der Waals surface area contributed by atoms with Crippen molar-refractivity contribution >= 4 is 17.2 Å². The Morgan fingerprint density at radius 2 is 1.85 bits per heavy atom. The second-order valence-corrected chi connectivity index (χ2v) is 4.57. The highest BCUT2D eigenvalue weighted by atomic mass is 16.5. The molecular formula is C15H18N4O. The molecule has 0 amide bonds. The third-order valence-corrected chi connectivity index (χ3v) is 3.15. The Morgan fingerprint density at radius 3 is 2.45 bits per heavy atom. The smallest absolute Gasteiger partial charge is 0.356 e. The summed E-state index contributed by atoms with van der Waals surface area (Å²) in [5, 5.41) is 19.7.